The summed E-state index contributed by atoms with van der Waals surface area (Å²) in [5.41, 5.74) is -0.292. The summed E-state index contributed by atoms with van der Waals surface area (Å²) < 4.78 is 0. The third-order valence-corrected chi connectivity index (χ3v) is 3.92. The lowest BCUT2D eigenvalue weighted by Crippen LogP contribution is -2.30. The van der Waals surface area contributed by atoms with Gasteiger partial charge in [-0.2, -0.15) is 0 Å². The molecule has 1 fully saturated rings. The Balaban J connectivity index is 1.99. The van der Waals surface area contributed by atoms with E-state index in [1.165, 1.54) is 6.07 Å². The number of fused-ring (bicyclic) bond motifs is 1. The number of imide groups is 1. The lowest BCUT2D eigenvalue weighted by Gasteiger charge is -2.15. The number of nitro benzene ring substituents is 1. The number of rotatable bonds is 2. The molecule has 21 heavy (non-hydrogen) atoms. The van der Waals surface area contributed by atoms with Gasteiger partial charge in [-0.05, 0) is 18.9 Å². The van der Waals surface area contributed by atoms with Crippen LogP contribution < -0.4 is 4.90 Å². The van der Waals surface area contributed by atoms with E-state index in [0.717, 1.165) is 17.0 Å². The molecule has 3 rings (SSSR count). The first-order chi connectivity index (χ1) is 10.0. The number of hydrogen-bond donors (Lipinski definition) is 1. The van der Waals surface area contributed by atoms with Crippen molar-refractivity contribution in [3.05, 3.63) is 40.5 Å². The molecule has 1 aliphatic carbocycles. The monoisotopic (exact) mass is 288 g/mol. The van der Waals surface area contributed by atoms with Crippen molar-refractivity contribution in [1.29, 1.82) is 0 Å². The summed E-state index contributed by atoms with van der Waals surface area (Å²) in [6.45, 7) is 0. The van der Waals surface area contributed by atoms with Gasteiger partial charge in [0.2, 0.25) is 11.8 Å². The predicted molar refractivity (Wildman–Crippen MR) is 72.6 cm³/mol. The van der Waals surface area contributed by atoms with Crippen LogP contribution in [0.1, 0.15) is 12.8 Å². The van der Waals surface area contributed by atoms with Crippen LogP contribution in [0.15, 0.2) is 30.4 Å². The maximum atomic E-state index is 12.3. The van der Waals surface area contributed by atoms with Gasteiger partial charge < -0.3 is 5.11 Å². The van der Waals surface area contributed by atoms with Crippen LogP contribution in [-0.2, 0) is 9.59 Å². The molecule has 108 valence electrons. The van der Waals surface area contributed by atoms with Crippen molar-refractivity contribution in [3.63, 3.8) is 0 Å². The zero-order valence-corrected chi connectivity index (χ0v) is 10.9. The van der Waals surface area contributed by atoms with Crippen molar-refractivity contribution in [2.24, 2.45) is 11.8 Å². The number of allylic oxidation sites excluding steroid dienone is 2. The maximum Gasteiger partial charge on any atom is 0.273 e. The Kier molecular flexibility index (Phi) is 2.97. The van der Waals surface area contributed by atoms with E-state index < -0.39 is 22.5 Å². The molecule has 0 bridgehead atoms. The third kappa shape index (κ3) is 1.97. The lowest BCUT2D eigenvalue weighted by molar-refractivity contribution is -0.384. The minimum atomic E-state index is -0.652. The fourth-order valence-electron chi connectivity index (χ4n) is 2.85. The van der Waals surface area contributed by atoms with Crippen LogP contribution in [0, 0.1) is 22.0 Å². The maximum absolute atomic E-state index is 12.3. The number of nitrogens with zero attached hydrogens (tertiary/aromatic N) is 2. The van der Waals surface area contributed by atoms with Crippen LogP contribution in [0.25, 0.3) is 0 Å². The highest BCUT2D eigenvalue weighted by atomic mass is 16.6. The van der Waals surface area contributed by atoms with Gasteiger partial charge in [0.25, 0.3) is 5.69 Å². The number of aromatic hydroxyl groups is 1. The van der Waals surface area contributed by atoms with Crippen molar-refractivity contribution in [2.45, 2.75) is 12.8 Å². The number of phenolic OH excluding ortho intramolecular Hbond substituents is 1. The van der Waals surface area contributed by atoms with E-state index in [1.54, 1.807) is 0 Å². The minimum Gasteiger partial charge on any atom is -0.505 e. The van der Waals surface area contributed by atoms with Gasteiger partial charge in [0.1, 0.15) is 5.75 Å². The molecule has 1 aromatic carbocycles. The average molecular weight is 288 g/mol. The number of phenols is 1. The molecule has 2 aliphatic rings. The van der Waals surface area contributed by atoms with Gasteiger partial charge in [-0.25, -0.2) is 4.90 Å². The smallest absolute Gasteiger partial charge is 0.273 e. The third-order valence-electron chi connectivity index (χ3n) is 3.92. The van der Waals surface area contributed by atoms with Gasteiger partial charge in [0.15, 0.2) is 0 Å². The molecule has 0 radical (unpaired) electrons. The molecule has 1 aliphatic heterocycles. The molecular weight excluding hydrogens is 276 g/mol. The number of carbonyl (C=O) groups is 2. The van der Waals surface area contributed by atoms with E-state index >= 15 is 0 Å². The van der Waals surface area contributed by atoms with Crippen molar-refractivity contribution in [2.75, 3.05) is 4.90 Å². The normalized spacial score (nSPS) is 24.3. The van der Waals surface area contributed by atoms with Crippen LogP contribution in [0.3, 0.4) is 0 Å². The molecule has 0 aromatic heterocycles. The zero-order chi connectivity index (χ0) is 15.1. The summed E-state index contributed by atoms with van der Waals surface area (Å²) in [7, 11) is 0. The van der Waals surface area contributed by atoms with Crippen LogP contribution in [0.2, 0.25) is 0 Å². The molecule has 2 atom stereocenters. The second kappa shape index (κ2) is 4.69. The molecule has 7 heteroatoms. The number of carbonyl (C=O) groups excluding carboxylic acids is 2. The molecule has 1 aromatic rings. The quantitative estimate of drug-likeness (QED) is 0.387. The first-order valence-corrected chi connectivity index (χ1v) is 6.51. The lowest BCUT2D eigenvalue weighted by atomic mass is 9.85. The highest BCUT2D eigenvalue weighted by Gasteiger charge is 2.48. The highest BCUT2D eigenvalue weighted by molar-refractivity contribution is 6.22. The van der Waals surface area contributed by atoms with Crippen LogP contribution in [-0.4, -0.2) is 21.8 Å². The number of amides is 2. The molecule has 0 unspecified atom stereocenters. The number of hydrogen-bond acceptors (Lipinski definition) is 5. The first kappa shape index (κ1) is 13.3. The summed E-state index contributed by atoms with van der Waals surface area (Å²) >= 11 is 0. The second-order valence-corrected chi connectivity index (χ2v) is 5.10. The fourth-order valence-corrected chi connectivity index (χ4v) is 2.85. The van der Waals surface area contributed by atoms with Gasteiger partial charge in [-0.15, -0.1) is 0 Å². The molecule has 0 saturated carbocycles. The molecule has 2 amide bonds. The Morgan fingerprint density at radius 3 is 2.19 bits per heavy atom. The van der Waals surface area contributed by atoms with E-state index in [2.05, 4.69) is 0 Å². The molecule has 1 N–H and O–H groups in total. The number of anilines is 1. The summed E-state index contributed by atoms with van der Waals surface area (Å²) in [5, 5.41) is 20.6. The first-order valence-electron chi connectivity index (χ1n) is 6.51. The summed E-state index contributed by atoms with van der Waals surface area (Å²) in [4.78, 5) is 35.6. The summed E-state index contributed by atoms with van der Waals surface area (Å²) in [6, 6.07) is 3.33. The van der Waals surface area contributed by atoms with Crippen LogP contribution in [0.4, 0.5) is 11.4 Å². The molecule has 1 heterocycles. The van der Waals surface area contributed by atoms with Gasteiger partial charge in [-0.1, -0.05) is 12.2 Å². The number of nitro groups is 1. The molecule has 0 spiro atoms. The van der Waals surface area contributed by atoms with Crippen molar-refractivity contribution >= 4 is 23.2 Å². The number of benzene rings is 1. The topological polar surface area (TPSA) is 101 Å². The second-order valence-electron chi connectivity index (χ2n) is 5.10. The highest BCUT2D eigenvalue weighted by Crippen LogP contribution is 2.41. The van der Waals surface area contributed by atoms with E-state index in [9.17, 15) is 24.8 Å². The largest absolute Gasteiger partial charge is 0.505 e. The fraction of sp³-hybridized carbons (Fsp3) is 0.286. The van der Waals surface area contributed by atoms with Gasteiger partial charge in [0, 0.05) is 6.07 Å². The van der Waals surface area contributed by atoms with E-state index in [1.807, 2.05) is 12.2 Å². The Labute approximate surface area is 119 Å². The van der Waals surface area contributed by atoms with E-state index in [0.29, 0.717) is 12.8 Å². The molecule has 7 nitrogen and oxygen atoms in total. The Hall–Kier alpha value is -2.70. The van der Waals surface area contributed by atoms with Crippen molar-refractivity contribution in [3.8, 4) is 5.75 Å². The van der Waals surface area contributed by atoms with Crippen molar-refractivity contribution < 1.29 is 19.6 Å². The SMILES string of the molecule is O=C1[C@@H]2CC=CC[C@H]2C(=O)N1c1ccc([N+](=O)[O-])cc1O. The summed E-state index contributed by atoms with van der Waals surface area (Å²) in [5.74, 6) is -1.98. The predicted octanol–water partition coefficient (Wildman–Crippen LogP) is 1.76. The molecular formula is C14H12N2O5. The zero-order valence-electron chi connectivity index (χ0n) is 10.9. The number of non-ortho nitro benzene ring substituents is 1. The van der Waals surface area contributed by atoms with E-state index in [4.69, 9.17) is 0 Å². The Morgan fingerprint density at radius 1 is 1.14 bits per heavy atom. The van der Waals surface area contributed by atoms with E-state index in [-0.39, 0.29) is 23.2 Å². The minimum absolute atomic E-state index is 0.00463. The van der Waals surface area contributed by atoms with Crippen LogP contribution >= 0.6 is 0 Å². The van der Waals surface area contributed by atoms with Gasteiger partial charge >= 0.3 is 0 Å². The summed E-state index contributed by atoms with van der Waals surface area (Å²) in [6.07, 6.45) is 4.73. The van der Waals surface area contributed by atoms with Crippen LogP contribution in [0.5, 0.6) is 5.75 Å². The average Bonchev–Trinajstić information content (AvgIpc) is 2.72. The standard InChI is InChI=1S/C14H12N2O5/c17-12-7-8(16(20)21)5-6-11(12)15-13(18)9-3-1-2-4-10(9)14(15)19/h1-2,5-7,9-10,17H,3-4H2/t9-,10-/m1/s1. The van der Waals surface area contributed by atoms with Gasteiger partial charge in [0.05, 0.1) is 28.5 Å². The van der Waals surface area contributed by atoms with Gasteiger partial charge in [-0.3, -0.25) is 19.7 Å². The van der Waals surface area contributed by atoms with Crippen molar-refractivity contribution in [1.82, 2.24) is 0 Å². The molecule has 1 saturated heterocycles. The Bertz CT molecular complexity index is 656. The Morgan fingerprint density at radius 2 is 1.71 bits per heavy atom.